The first-order valence-corrected chi connectivity index (χ1v) is 9.35. The van der Waals surface area contributed by atoms with Gasteiger partial charge < -0.3 is 15.6 Å². The number of allylic oxidation sites excluding steroid dienone is 4. The number of aliphatic hydroxyl groups is 1. The second-order valence-electron chi connectivity index (χ2n) is 6.81. The van der Waals surface area contributed by atoms with Crippen molar-refractivity contribution in [2.24, 2.45) is 11.8 Å². The molecule has 0 spiro atoms. The molecule has 1 fully saturated rings. The lowest BCUT2D eigenvalue weighted by Crippen LogP contribution is -2.17. The van der Waals surface area contributed by atoms with E-state index in [1.807, 2.05) is 12.2 Å². The van der Waals surface area contributed by atoms with E-state index in [4.69, 9.17) is 10.5 Å². The van der Waals surface area contributed by atoms with Gasteiger partial charge in [-0.2, -0.15) is 0 Å². The summed E-state index contributed by atoms with van der Waals surface area (Å²) >= 11 is 0. The average Bonchev–Trinajstić information content (AvgIpc) is 2.89. The lowest BCUT2D eigenvalue weighted by Gasteiger charge is -2.17. The second kappa shape index (κ2) is 12.0. The number of nitrogens with one attached hydrogen (secondary N) is 1. The zero-order valence-corrected chi connectivity index (χ0v) is 14.9. The average molecular weight is 335 g/mol. The molecule has 1 aliphatic carbocycles. The summed E-state index contributed by atoms with van der Waals surface area (Å²) in [6, 6.07) is 0. The molecule has 0 heterocycles. The van der Waals surface area contributed by atoms with Crippen LogP contribution in [-0.2, 0) is 4.79 Å². The molecule has 0 aromatic rings. The number of unbranched alkanes of at least 4 members (excludes halogenated alkanes) is 3. The summed E-state index contributed by atoms with van der Waals surface area (Å²) in [7, 11) is 0. The largest absolute Gasteiger partial charge is 0.481 e. The van der Waals surface area contributed by atoms with Crippen LogP contribution in [0.2, 0.25) is 0 Å². The van der Waals surface area contributed by atoms with E-state index in [0.29, 0.717) is 18.1 Å². The van der Waals surface area contributed by atoms with Crippen LogP contribution in [0.4, 0.5) is 0 Å². The summed E-state index contributed by atoms with van der Waals surface area (Å²) < 4.78 is 0. The Morgan fingerprint density at radius 1 is 1.17 bits per heavy atom. The number of carboxylic acid groups (broad SMARTS) is 1. The predicted octanol–water partition coefficient (Wildman–Crippen LogP) is 4.73. The van der Waals surface area contributed by atoms with Crippen molar-refractivity contribution in [3.05, 3.63) is 24.3 Å². The van der Waals surface area contributed by atoms with Crippen molar-refractivity contribution in [2.75, 3.05) is 0 Å². The molecule has 0 bridgehead atoms. The van der Waals surface area contributed by atoms with E-state index < -0.39 is 5.97 Å². The number of aliphatic hydroxyl groups excluding tert-OH is 1. The summed E-state index contributed by atoms with van der Waals surface area (Å²) in [6.45, 7) is 2.17. The molecule has 0 saturated heterocycles. The molecule has 0 aromatic carbocycles. The Bertz CT molecular complexity index is 442. The van der Waals surface area contributed by atoms with E-state index in [1.165, 1.54) is 12.8 Å². The quantitative estimate of drug-likeness (QED) is 0.274. The summed E-state index contributed by atoms with van der Waals surface area (Å²) in [6.07, 6.45) is 16.4. The number of hydrogen-bond donors (Lipinski definition) is 3. The minimum absolute atomic E-state index is 0.210. The first-order valence-electron chi connectivity index (χ1n) is 9.35. The molecule has 0 amide bonds. The third-order valence-electron chi connectivity index (χ3n) is 4.77. The molecule has 1 saturated carbocycles. The van der Waals surface area contributed by atoms with Crippen molar-refractivity contribution < 1.29 is 15.0 Å². The Morgan fingerprint density at radius 2 is 1.96 bits per heavy atom. The Balaban J connectivity index is 2.37. The van der Waals surface area contributed by atoms with Gasteiger partial charge in [0.1, 0.15) is 0 Å². The van der Waals surface area contributed by atoms with Crippen LogP contribution in [0, 0.1) is 17.2 Å². The number of aliphatic carboxylic acids is 1. The SMILES string of the molecule is CCCCCC(=N)/C=C/[C@H]1CC[C@H](O)[C@@H]1C/C=C\CCCC(=O)O. The van der Waals surface area contributed by atoms with E-state index in [9.17, 15) is 9.90 Å². The summed E-state index contributed by atoms with van der Waals surface area (Å²) in [5.41, 5.74) is 0.688. The molecule has 3 N–H and O–H groups in total. The Morgan fingerprint density at radius 3 is 2.67 bits per heavy atom. The molecule has 24 heavy (non-hydrogen) atoms. The molecule has 4 heteroatoms. The summed E-state index contributed by atoms with van der Waals surface area (Å²) in [5, 5.41) is 26.8. The van der Waals surface area contributed by atoms with Crippen LogP contribution in [-0.4, -0.2) is 28.0 Å². The van der Waals surface area contributed by atoms with Crippen LogP contribution in [0.15, 0.2) is 24.3 Å². The van der Waals surface area contributed by atoms with Gasteiger partial charge in [0.25, 0.3) is 0 Å². The van der Waals surface area contributed by atoms with Gasteiger partial charge in [-0.05, 0) is 62.9 Å². The lowest BCUT2D eigenvalue weighted by molar-refractivity contribution is -0.137. The first kappa shape index (κ1) is 20.6. The van der Waals surface area contributed by atoms with E-state index in [1.54, 1.807) is 0 Å². The van der Waals surface area contributed by atoms with Crippen molar-refractivity contribution in [3.8, 4) is 0 Å². The van der Waals surface area contributed by atoms with Crippen LogP contribution in [0.5, 0.6) is 0 Å². The first-order chi connectivity index (χ1) is 11.5. The van der Waals surface area contributed by atoms with Crippen molar-refractivity contribution in [3.63, 3.8) is 0 Å². The van der Waals surface area contributed by atoms with Crippen molar-refractivity contribution >= 4 is 11.7 Å². The summed E-state index contributed by atoms with van der Waals surface area (Å²) in [4.78, 5) is 10.5. The zero-order valence-electron chi connectivity index (χ0n) is 14.9. The molecular weight excluding hydrogens is 302 g/mol. The number of carbonyl (C=O) groups is 1. The van der Waals surface area contributed by atoms with Gasteiger partial charge in [-0.15, -0.1) is 0 Å². The van der Waals surface area contributed by atoms with Gasteiger partial charge in [0.2, 0.25) is 0 Å². The van der Waals surface area contributed by atoms with Crippen LogP contribution in [0.25, 0.3) is 0 Å². The highest BCUT2D eigenvalue weighted by atomic mass is 16.4. The third kappa shape index (κ3) is 8.44. The second-order valence-corrected chi connectivity index (χ2v) is 6.81. The minimum atomic E-state index is -0.749. The topological polar surface area (TPSA) is 81.4 Å². The van der Waals surface area contributed by atoms with E-state index >= 15 is 0 Å². The standard InChI is InChI=1S/C20H33NO3/c1-2-3-6-9-17(21)14-12-16-13-15-19(22)18(16)10-7-4-5-8-11-20(23)24/h4,7,12,14,16,18-19,21-22H,2-3,5-6,8-11,13,15H2,1H3,(H,23,24)/b7-4-,14-12+,21-17?/t16-,18+,19-/m0/s1. The monoisotopic (exact) mass is 335 g/mol. The maximum absolute atomic E-state index is 10.5. The Hall–Kier alpha value is -1.42. The normalized spacial score (nSPS) is 24.2. The fourth-order valence-corrected chi connectivity index (χ4v) is 3.28. The Kier molecular flexibility index (Phi) is 10.3. The maximum atomic E-state index is 10.5. The fraction of sp³-hybridized carbons (Fsp3) is 0.700. The third-order valence-corrected chi connectivity index (χ3v) is 4.77. The lowest BCUT2D eigenvalue weighted by atomic mass is 9.90. The number of carboxylic acids is 1. The van der Waals surface area contributed by atoms with Crippen LogP contribution < -0.4 is 0 Å². The highest BCUT2D eigenvalue weighted by molar-refractivity contribution is 5.92. The molecular formula is C20H33NO3. The summed E-state index contributed by atoms with van der Waals surface area (Å²) in [5.74, 6) is -0.184. The van der Waals surface area contributed by atoms with E-state index in [-0.39, 0.29) is 18.4 Å². The maximum Gasteiger partial charge on any atom is 0.303 e. The molecule has 0 aromatic heterocycles. The highest BCUT2D eigenvalue weighted by Gasteiger charge is 2.32. The molecule has 0 aliphatic heterocycles. The van der Waals surface area contributed by atoms with Gasteiger partial charge >= 0.3 is 5.97 Å². The molecule has 3 atom stereocenters. The van der Waals surface area contributed by atoms with Gasteiger partial charge in [0.05, 0.1) is 6.10 Å². The van der Waals surface area contributed by atoms with Gasteiger partial charge in [-0.25, -0.2) is 0 Å². The number of rotatable bonds is 12. The van der Waals surface area contributed by atoms with Gasteiger partial charge in [-0.1, -0.05) is 38.0 Å². The van der Waals surface area contributed by atoms with Gasteiger partial charge in [-0.3, -0.25) is 4.79 Å². The van der Waals surface area contributed by atoms with Crippen LogP contribution in [0.3, 0.4) is 0 Å². The van der Waals surface area contributed by atoms with Crippen molar-refractivity contribution in [1.82, 2.24) is 0 Å². The zero-order chi connectivity index (χ0) is 17.8. The Labute approximate surface area is 146 Å². The van der Waals surface area contributed by atoms with E-state index in [0.717, 1.165) is 38.5 Å². The van der Waals surface area contributed by atoms with Crippen LogP contribution >= 0.6 is 0 Å². The molecule has 1 aliphatic rings. The predicted molar refractivity (Wildman–Crippen MR) is 98.5 cm³/mol. The highest BCUT2D eigenvalue weighted by Crippen LogP contribution is 2.35. The van der Waals surface area contributed by atoms with E-state index in [2.05, 4.69) is 19.1 Å². The molecule has 1 rings (SSSR count). The molecule has 136 valence electrons. The molecule has 4 nitrogen and oxygen atoms in total. The van der Waals surface area contributed by atoms with Crippen LogP contribution in [0.1, 0.15) is 71.1 Å². The fourth-order valence-electron chi connectivity index (χ4n) is 3.28. The number of hydrogen-bond acceptors (Lipinski definition) is 3. The van der Waals surface area contributed by atoms with Crippen molar-refractivity contribution in [1.29, 1.82) is 5.41 Å². The van der Waals surface area contributed by atoms with Gasteiger partial charge in [0, 0.05) is 12.1 Å². The van der Waals surface area contributed by atoms with Crippen molar-refractivity contribution in [2.45, 2.75) is 77.2 Å². The smallest absolute Gasteiger partial charge is 0.303 e. The minimum Gasteiger partial charge on any atom is -0.481 e. The molecule has 0 unspecified atom stereocenters. The van der Waals surface area contributed by atoms with Gasteiger partial charge in [0.15, 0.2) is 0 Å². The molecule has 0 radical (unpaired) electrons.